The van der Waals surface area contributed by atoms with Gasteiger partial charge in [0.2, 0.25) is 0 Å². The molecule has 0 aromatic rings. The summed E-state index contributed by atoms with van der Waals surface area (Å²) in [7, 11) is 0. The Kier molecular flexibility index (Phi) is 7.43. The van der Waals surface area contributed by atoms with E-state index >= 15 is 0 Å². The summed E-state index contributed by atoms with van der Waals surface area (Å²) in [5.41, 5.74) is 0. The molecule has 0 heterocycles. The molecule has 0 bridgehead atoms. The molecule has 3 rings (SSSR count). The molecule has 0 saturated heterocycles. The standard InChI is InChI=1S/C24H42O/c1-3-4-5-19-8-12-20(13-9-19)21-14-16-23(17-15-21)24(25)22-10-6-18(2)7-11-22/h18-23H,3-17H2,1-2H3. The topological polar surface area (TPSA) is 17.1 Å². The van der Waals surface area contributed by atoms with Crippen LogP contribution in [0.2, 0.25) is 0 Å². The first-order valence-electron chi connectivity index (χ1n) is 11.7. The van der Waals surface area contributed by atoms with Crippen LogP contribution in [0.4, 0.5) is 0 Å². The second-order valence-corrected chi connectivity index (χ2v) is 9.89. The number of hydrogen-bond acceptors (Lipinski definition) is 1. The second kappa shape index (κ2) is 9.56. The van der Waals surface area contributed by atoms with Gasteiger partial charge in [0.25, 0.3) is 0 Å². The van der Waals surface area contributed by atoms with Gasteiger partial charge in [-0.3, -0.25) is 4.79 Å². The molecule has 0 aromatic carbocycles. The summed E-state index contributed by atoms with van der Waals surface area (Å²) in [6.07, 6.45) is 20.3. The molecule has 0 amide bonds. The molecule has 3 saturated carbocycles. The lowest BCUT2D eigenvalue weighted by Gasteiger charge is -2.38. The summed E-state index contributed by atoms with van der Waals surface area (Å²) in [4.78, 5) is 12.9. The van der Waals surface area contributed by atoms with Crippen molar-refractivity contribution in [2.45, 2.75) is 110 Å². The van der Waals surface area contributed by atoms with E-state index in [1.54, 1.807) is 0 Å². The number of rotatable bonds is 6. The zero-order chi connectivity index (χ0) is 17.6. The van der Waals surface area contributed by atoms with Crippen LogP contribution < -0.4 is 0 Å². The van der Waals surface area contributed by atoms with Gasteiger partial charge in [-0.15, -0.1) is 0 Å². The molecule has 3 aliphatic rings. The Hall–Kier alpha value is -0.330. The first kappa shape index (κ1) is 19.4. The average Bonchev–Trinajstić information content (AvgIpc) is 2.67. The van der Waals surface area contributed by atoms with Gasteiger partial charge in [-0.05, 0) is 75.0 Å². The van der Waals surface area contributed by atoms with E-state index in [-0.39, 0.29) is 0 Å². The minimum absolute atomic E-state index is 0.423. The normalized spacial score (nSPS) is 39.9. The molecule has 0 unspecified atom stereocenters. The van der Waals surface area contributed by atoms with Crippen molar-refractivity contribution < 1.29 is 4.79 Å². The van der Waals surface area contributed by atoms with Crippen molar-refractivity contribution in [1.29, 1.82) is 0 Å². The lowest BCUT2D eigenvalue weighted by molar-refractivity contribution is -0.129. The maximum atomic E-state index is 12.9. The van der Waals surface area contributed by atoms with Gasteiger partial charge < -0.3 is 0 Å². The number of hydrogen-bond donors (Lipinski definition) is 0. The van der Waals surface area contributed by atoms with E-state index in [0.717, 1.165) is 23.7 Å². The first-order valence-corrected chi connectivity index (χ1v) is 11.7. The highest BCUT2D eigenvalue weighted by atomic mass is 16.1. The SMILES string of the molecule is CCCCC1CCC(C2CCC(C(=O)C3CCC(C)CC3)CC2)CC1. The average molecular weight is 347 g/mol. The molecule has 3 fully saturated rings. The first-order chi connectivity index (χ1) is 12.2. The second-order valence-electron chi connectivity index (χ2n) is 9.89. The minimum Gasteiger partial charge on any atom is -0.299 e. The van der Waals surface area contributed by atoms with E-state index in [4.69, 9.17) is 0 Å². The molecule has 3 aliphatic carbocycles. The van der Waals surface area contributed by atoms with E-state index in [9.17, 15) is 4.79 Å². The maximum Gasteiger partial charge on any atom is 0.139 e. The Morgan fingerprint density at radius 3 is 1.72 bits per heavy atom. The van der Waals surface area contributed by atoms with Crippen LogP contribution in [0.25, 0.3) is 0 Å². The lowest BCUT2D eigenvalue weighted by Crippen LogP contribution is -2.32. The quantitative estimate of drug-likeness (QED) is 0.497. The largest absolute Gasteiger partial charge is 0.299 e. The summed E-state index contributed by atoms with van der Waals surface area (Å²) >= 11 is 0. The van der Waals surface area contributed by atoms with E-state index < -0.39 is 0 Å². The van der Waals surface area contributed by atoms with Crippen LogP contribution in [0.1, 0.15) is 110 Å². The Labute approximate surface area is 156 Å². The molecule has 0 aliphatic heterocycles. The third-order valence-electron chi connectivity index (χ3n) is 8.12. The van der Waals surface area contributed by atoms with E-state index in [2.05, 4.69) is 13.8 Å². The zero-order valence-corrected chi connectivity index (χ0v) is 17.0. The van der Waals surface area contributed by atoms with Crippen molar-refractivity contribution in [3.05, 3.63) is 0 Å². The number of carbonyl (C=O) groups excluding carboxylic acids is 1. The fourth-order valence-electron chi connectivity index (χ4n) is 6.19. The van der Waals surface area contributed by atoms with Crippen molar-refractivity contribution in [2.24, 2.45) is 35.5 Å². The third kappa shape index (κ3) is 5.33. The monoisotopic (exact) mass is 346 g/mol. The van der Waals surface area contributed by atoms with Crippen molar-refractivity contribution >= 4 is 5.78 Å². The van der Waals surface area contributed by atoms with Gasteiger partial charge in [-0.1, -0.05) is 58.8 Å². The van der Waals surface area contributed by atoms with Gasteiger partial charge in [0, 0.05) is 11.8 Å². The van der Waals surface area contributed by atoms with Crippen molar-refractivity contribution in [3.63, 3.8) is 0 Å². The molecule has 0 spiro atoms. The van der Waals surface area contributed by atoms with Gasteiger partial charge in [0.1, 0.15) is 5.78 Å². The Balaban J connectivity index is 1.38. The molecule has 0 radical (unpaired) electrons. The molecule has 0 N–H and O–H groups in total. The highest BCUT2D eigenvalue weighted by Gasteiger charge is 2.35. The van der Waals surface area contributed by atoms with Crippen LogP contribution in [-0.4, -0.2) is 5.78 Å². The van der Waals surface area contributed by atoms with Crippen LogP contribution >= 0.6 is 0 Å². The fraction of sp³-hybridized carbons (Fsp3) is 0.958. The van der Waals surface area contributed by atoms with Gasteiger partial charge in [-0.25, -0.2) is 0 Å². The van der Waals surface area contributed by atoms with Gasteiger partial charge in [-0.2, -0.15) is 0 Å². The summed E-state index contributed by atoms with van der Waals surface area (Å²) < 4.78 is 0. The molecule has 144 valence electrons. The Morgan fingerprint density at radius 2 is 1.20 bits per heavy atom. The summed E-state index contributed by atoms with van der Waals surface area (Å²) in [5, 5.41) is 0. The van der Waals surface area contributed by atoms with E-state index in [1.807, 2.05) is 0 Å². The van der Waals surface area contributed by atoms with Crippen LogP contribution in [-0.2, 0) is 4.79 Å². The summed E-state index contributed by atoms with van der Waals surface area (Å²) in [5.74, 6) is 5.33. The highest BCUT2D eigenvalue weighted by molar-refractivity contribution is 5.83. The molecule has 0 atom stereocenters. The third-order valence-corrected chi connectivity index (χ3v) is 8.12. The molecular weight excluding hydrogens is 304 g/mol. The predicted molar refractivity (Wildman–Crippen MR) is 107 cm³/mol. The molecule has 1 heteroatoms. The number of carbonyl (C=O) groups is 1. The molecular formula is C24H42O. The summed E-state index contributed by atoms with van der Waals surface area (Å²) in [6.45, 7) is 4.67. The smallest absolute Gasteiger partial charge is 0.139 e. The maximum absolute atomic E-state index is 12.9. The van der Waals surface area contributed by atoms with Crippen molar-refractivity contribution in [2.75, 3.05) is 0 Å². The predicted octanol–water partition coefficient (Wildman–Crippen LogP) is 7.18. The number of Topliss-reactive ketones (excluding diaryl/α,β-unsaturated/α-hetero) is 1. The molecule has 0 aromatic heterocycles. The van der Waals surface area contributed by atoms with Gasteiger partial charge >= 0.3 is 0 Å². The van der Waals surface area contributed by atoms with E-state index in [0.29, 0.717) is 17.6 Å². The Morgan fingerprint density at radius 1 is 0.720 bits per heavy atom. The van der Waals surface area contributed by atoms with Crippen LogP contribution in [0, 0.1) is 35.5 Å². The van der Waals surface area contributed by atoms with Crippen molar-refractivity contribution in [1.82, 2.24) is 0 Å². The van der Waals surface area contributed by atoms with Crippen LogP contribution in [0.3, 0.4) is 0 Å². The summed E-state index contributed by atoms with van der Waals surface area (Å²) in [6, 6.07) is 0. The lowest BCUT2D eigenvalue weighted by atomic mass is 9.66. The number of ketones is 1. The molecule has 25 heavy (non-hydrogen) atoms. The van der Waals surface area contributed by atoms with Crippen LogP contribution in [0.15, 0.2) is 0 Å². The minimum atomic E-state index is 0.423. The van der Waals surface area contributed by atoms with E-state index in [1.165, 1.54) is 96.3 Å². The fourth-order valence-corrected chi connectivity index (χ4v) is 6.19. The van der Waals surface area contributed by atoms with Gasteiger partial charge in [0.05, 0.1) is 0 Å². The molecule has 1 nitrogen and oxygen atoms in total. The Bertz CT molecular complexity index is 390. The highest BCUT2D eigenvalue weighted by Crippen LogP contribution is 2.43. The van der Waals surface area contributed by atoms with Crippen molar-refractivity contribution in [3.8, 4) is 0 Å². The number of unbranched alkanes of at least 4 members (excludes halogenated alkanes) is 1. The van der Waals surface area contributed by atoms with Crippen LogP contribution in [0.5, 0.6) is 0 Å². The zero-order valence-electron chi connectivity index (χ0n) is 17.0. The van der Waals surface area contributed by atoms with Gasteiger partial charge in [0.15, 0.2) is 0 Å².